The van der Waals surface area contributed by atoms with Crippen LogP contribution in [0.25, 0.3) is 5.65 Å². The SMILES string of the molecule is Clc1ccccc1OCc1cn2ccccc2n1. The largest absolute Gasteiger partial charge is 0.486 e. The summed E-state index contributed by atoms with van der Waals surface area (Å²) in [6, 6.07) is 13.3. The first-order valence-electron chi connectivity index (χ1n) is 5.63. The summed E-state index contributed by atoms with van der Waals surface area (Å²) in [5.74, 6) is 0.677. The lowest BCUT2D eigenvalue weighted by Gasteiger charge is -2.05. The van der Waals surface area contributed by atoms with Crippen LogP contribution in [-0.2, 0) is 6.61 Å². The van der Waals surface area contributed by atoms with Gasteiger partial charge < -0.3 is 9.14 Å². The van der Waals surface area contributed by atoms with Crippen LogP contribution in [0.4, 0.5) is 0 Å². The first-order chi connectivity index (χ1) is 8.83. The normalized spacial score (nSPS) is 10.7. The van der Waals surface area contributed by atoms with E-state index in [4.69, 9.17) is 16.3 Å². The Morgan fingerprint density at radius 3 is 2.78 bits per heavy atom. The molecule has 0 bridgehead atoms. The molecule has 3 aromatic rings. The molecule has 2 aromatic heterocycles. The van der Waals surface area contributed by atoms with Crippen molar-refractivity contribution in [3.8, 4) is 5.75 Å². The maximum absolute atomic E-state index is 6.02. The number of nitrogens with zero attached hydrogens (tertiary/aromatic N) is 2. The van der Waals surface area contributed by atoms with Gasteiger partial charge in [0.1, 0.15) is 18.0 Å². The summed E-state index contributed by atoms with van der Waals surface area (Å²) in [4.78, 5) is 4.45. The van der Waals surface area contributed by atoms with Crippen molar-refractivity contribution in [1.82, 2.24) is 9.38 Å². The van der Waals surface area contributed by atoms with E-state index in [0.29, 0.717) is 17.4 Å². The van der Waals surface area contributed by atoms with Crippen molar-refractivity contribution < 1.29 is 4.74 Å². The highest BCUT2D eigenvalue weighted by atomic mass is 35.5. The molecule has 0 amide bonds. The second kappa shape index (κ2) is 4.70. The molecule has 90 valence electrons. The average Bonchev–Trinajstić information content (AvgIpc) is 2.80. The molecule has 1 aromatic carbocycles. The zero-order chi connectivity index (χ0) is 12.4. The minimum Gasteiger partial charge on any atom is -0.486 e. The molecular weight excluding hydrogens is 248 g/mol. The summed E-state index contributed by atoms with van der Waals surface area (Å²) < 4.78 is 7.61. The van der Waals surface area contributed by atoms with Gasteiger partial charge in [-0.2, -0.15) is 0 Å². The molecule has 3 rings (SSSR count). The van der Waals surface area contributed by atoms with Crippen molar-refractivity contribution in [1.29, 1.82) is 0 Å². The lowest BCUT2D eigenvalue weighted by molar-refractivity contribution is 0.302. The molecule has 4 heteroatoms. The number of benzene rings is 1. The highest BCUT2D eigenvalue weighted by Crippen LogP contribution is 2.23. The Kier molecular flexibility index (Phi) is 2.90. The van der Waals surface area contributed by atoms with E-state index in [-0.39, 0.29) is 0 Å². The number of hydrogen-bond donors (Lipinski definition) is 0. The van der Waals surface area contributed by atoms with Crippen molar-refractivity contribution in [3.05, 3.63) is 65.6 Å². The summed E-state index contributed by atoms with van der Waals surface area (Å²) in [6.45, 7) is 0.408. The Labute approximate surface area is 110 Å². The highest BCUT2D eigenvalue weighted by molar-refractivity contribution is 6.32. The van der Waals surface area contributed by atoms with Gasteiger partial charge in [0.2, 0.25) is 0 Å². The predicted molar refractivity (Wildman–Crippen MR) is 71.0 cm³/mol. The van der Waals surface area contributed by atoms with Crippen LogP contribution < -0.4 is 4.74 Å². The quantitative estimate of drug-likeness (QED) is 0.718. The standard InChI is InChI=1S/C14H11ClN2O/c15-12-5-1-2-6-13(12)18-10-11-9-17-8-4-3-7-14(17)16-11/h1-9H,10H2. The molecule has 0 atom stereocenters. The van der Waals surface area contributed by atoms with E-state index in [1.54, 1.807) is 6.07 Å². The van der Waals surface area contributed by atoms with Crippen LogP contribution in [-0.4, -0.2) is 9.38 Å². The average molecular weight is 259 g/mol. The van der Waals surface area contributed by atoms with Crippen LogP contribution in [0.3, 0.4) is 0 Å². The maximum atomic E-state index is 6.02. The minimum absolute atomic E-state index is 0.408. The summed E-state index contributed by atoms with van der Waals surface area (Å²) in [5, 5.41) is 0.612. The fraction of sp³-hybridized carbons (Fsp3) is 0.0714. The molecule has 0 aliphatic rings. The molecule has 18 heavy (non-hydrogen) atoms. The van der Waals surface area contributed by atoms with Gasteiger partial charge in [0.05, 0.1) is 10.7 Å². The minimum atomic E-state index is 0.408. The van der Waals surface area contributed by atoms with Crippen LogP contribution in [0, 0.1) is 0 Å². The van der Waals surface area contributed by atoms with E-state index in [2.05, 4.69) is 4.98 Å². The number of imidazole rings is 1. The zero-order valence-electron chi connectivity index (χ0n) is 9.58. The van der Waals surface area contributed by atoms with Gasteiger partial charge in [-0.15, -0.1) is 0 Å². The number of rotatable bonds is 3. The van der Waals surface area contributed by atoms with Gasteiger partial charge in [0, 0.05) is 12.4 Å². The van der Waals surface area contributed by atoms with E-state index in [9.17, 15) is 0 Å². The Hall–Kier alpha value is -2.00. The van der Waals surface area contributed by atoms with Crippen molar-refractivity contribution >= 4 is 17.2 Å². The third kappa shape index (κ3) is 2.17. The van der Waals surface area contributed by atoms with Crippen molar-refractivity contribution in [2.45, 2.75) is 6.61 Å². The molecule has 0 saturated heterocycles. The topological polar surface area (TPSA) is 26.5 Å². The molecule has 0 unspecified atom stereocenters. The fourth-order valence-corrected chi connectivity index (χ4v) is 1.96. The smallest absolute Gasteiger partial charge is 0.138 e. The molecule has 2 heterocycles. The van der Waals surface area contributed by atoms with Crippen LogP contribution >= 0.6 is 11.6 Å². The Balaban J connectivity index is 1.79. The third-order valence-electron chi connectivity index (χ3n) is 2.63. The second-order valence-corrected chi connectivity index (χ2v) is 4.32. The number of hydrogen-bond acceptors (Lipinski definition) is 2. The Morgan fingerprint density at radius 1 is 1.11 bits per heavy atom. The van der Waals surface area contributed by atoms with Crippen molar-refractivity contribution in [2.75, 3.05) is 0 Å². The van der Waals surface area contributed by atoms with Gasteiger partial charge in [-0.25, -0.2) is 4.98 Å². The van der Waals surface area contributed by atoms with E-state index in [1.165, 1.54) is 0 Å². The van der Waals surface area contributed by atoms with Gasteiger partial charge >= 0.3 is 0 Å². The molecule has 0 aliphatic heterocycles. The van der Waals surface area contributed by atoms with Gasteiger partial charge in [0.25, 0.3) is 0 Å². The molecule has 0 saturated carbocycles. The lowest BCUT2D eigenvalue weighted by Crippen LogP contribution is -1.95. The molecular formula is C14H11ClN2O. The summed E-state index contributed by atoms with van der Waals surface area (Å²) in [6.07, 6.45) is 3.91. The Morgan fingerprint density at radius 2 is 1.94 bits per heavy atom. The first kappa shape index (κ1) is 11.1. The van der Waals surface area contributed by atoms with Gasteiger partial charge in [-0.3, -0.25) is 0 Å². The second-order valence-electron chi connectivity index (χ2n) is 3.92. The number of pyridine rings is 1. The Bertz CT molecular complexity index is 645. The molecule has 3 nitrogen and oxygen atoms in total. The van der Waals surface area contributed by atoms with Gasteiger partial charge in [0.15, 0.2) is 0 Å². The zero-order valence-corrected chi connectivity index (χ0v) is 10.3. The van der Waals surface area contributed by atoms with Gasteiger partial charge in [-0.1, -0.05) is 29.8 Å². The number of fused-ring (bicyclic) bond motifs is 1. The van der Waals surface area contributed by atoms with Gasteiger partial charge in [-0.05, 0) is 24.3 Å². The van der Waals surface area contributed by atoms with E-state index < -0.39 is 0 Å². The lowest BCUT2D eigenvalue weighted by atomic mass is 10.3. The number of ether oxygens (including phenoxy) is 1. The fourth-order valence-electron chi connectivity index (χ4n) is 1.77. The van der Waals surface area contributed by atoms with E-state index in [0.717, 1.165) is 11.3 Å². The number of para-hydroxylation sites is 1. The number of aromatic nitrogens is 2. The number of halogens is 1. The molecule has 0 spiro atoms. The van der Waals surface area contributed by atoms with Crippen molar-refractivity contribution in [3.63, 3.8) is 0 Å². The third-order valence-corrected chi connectivity index (χ3v) is 2.94. The first-order valence-corrected chi connectivity index (χ1v) is 6.01. The summed E-state index contributed by atoms with van der Waals surface area (Å²) in [7, 11) is 0. The maximum Gasteiger partial charge on any atom is 0.138 e. The monoisotopic (exact) mass is 258 g/mol. The van der Waals surface area contributed by atoms with Crippen LogP contribution in [0.1, 0.15) is 5.69 Å². The van der Waals surface area contributed by atoms with Crippen LogP contribution in [0.2, 0.25) is 5.02 Å². The van der Waals surface area contributed by atoms with Crippen LogP contribution in [0.15, 0.2) is 54.9 Å². The predicted octanol–water partition coefficient (Wildman–Crippen LogP) is 3.57. The molecule has 0 N–H and O–H groups in total. The molecule has 0 fully saturated rings. The summed E-state index contributed by atoms with van der Waals surface area (Å²) >= 11 is 6.02. The van der Waals surface area contributed by atoms with Crippen LogP contribution in [0.5, 0.6) is 5.75 Å². The van der Waals surface area contributed by atoms with Crippen molar-refractivity contribution in [2.24, 2.45) is 0 Å². The summed E-state index contributed by atoms with van der Waals surface area (Å²) in [5.41, 5.74) is 1.79. The van der Waals surface area contributed by atoms with E-state index in [1.807, 2.05) is 53.2 Å². The highest BCUT2D eigenvalue weighted by Gasteiger charge is 2.03. The molecule has 0 aliphatic carbocycles. The molecule has 0 radical (unpaired) electrons. The van der Waals surface area contributed by atoms with E-state index >= 15 is 0 Å².